The van der Waals surface area contributed by atoms with Gasteiger partial charge < -0.3 is 10.7 Å². The molecule has 84 valence electrons. The Morgan fingerprint density at radius 3 is 2.81 bits per heavy atom. The maximum Gasteiger partial charge on any atom is 0.0456 e. The van der Waals surface area contributed by atoms with Crippen molar-refractivity contribution in [2.45, 2.75) is 31.1 Å². The summed E-state index contributed by atoms with van der Waals surface area (Å²) in [5.41, 5.74) is 8.85. The standard InChI is InChI=1S/C14H18N2/c15-8-7-14(5-1-6-14)12-3-2-11-4-9-16-13(11)10-12/h2-4,9-10,16H,1,5-8,15H2. The molecular weight excluding hydrogens is 196 g/mol. The maximum absolute atomic E-state index is 5.75. The minimum atomic E-state index is 0.383. The van der Waals surface area contributed by atoms with Crippen LogP contribution in [0.2, 0.25) is 0 Å². The zero-order valence-corrected chi connectivity index (χ0v) is 9.50. The van der Waals surface area contributed by atoms with Crippen molar-refractivity contribution in [3.05, 3.63) is 36.0 Å². The zero-order valence-electron chi connectivity index (χ0n) is 9.50. The molecule has 0 atom stereocenters. The summed E-state index contributed by atoms with van der Waals surface area (Å²) < 4.78 is 0. The molecule has 0 spiro atoms. The first-order chi connectivity index (χ1) is 7.84. The summed E-state index contributed by atoms with van der Waals surface area (Å²) in [6, 6.07) is 8.93. The van der Waals surface area contributed by atoms with E-state index in [4.69, 9.17) is 5.73 Å². The van der Waals surface area contributed by atoms with E-state index in [0.717, 1.165) is 13.0 Å². The molecule has 3 N–H and O–H groups in total. The molecule has 0 amide bonds. The molecule has 1 aromatic heterocycles. The Balaban J connectivity index is 2.03. The highest BCUT2D eigenvalue weighted by molar-refractivity contribution is 5.80. The normalized spacial score (nSPS) is 18.6. The van der Waals surface area contributed by atoms with Gasteiger partial charge in [-0.05, 0) is 54.3 Å². The Morgan fingerprint density at radius 2 is 2.12 bits per heavy atom. The largest absolute Gasteiger partial charge is 0.361 e. The Hall–Kier alpha value is -1.28. The van der Waals surface area contributed by atoms with Crippen LogP contribution in [-0.2, 0) is 5.41 Å². The second-order valence-electron chi connectivity index (χ2n) is 4.95. The number of fused-ring (bicyclic) bond motifs is 1. The number of aromatic nitrogens is 1. The van der Waals surface area contributed by atoms with E-state index in [1.807, 2.05) is 6.20 Å². The second-order valence-corrected chi connectivity index (χ2v) is 4.95. The van der Waals surface area contributed by atoms with Crippen molar-refractivity contribution in [3.63, 3.8) is 0 Å². The van der Waals surface area contributed by atoms with E-state index in [1.54, 1.807) is 0 Å². The summed E-state index contributed by atoms with van der Waals surface area (Å²) in [4.78, 5) is 3.29. The van der Waals surface area contributed by atoms with E-state index in [1.165, 1.54) is 35.7 Å². The van der Waals surface area contributed by atoms with E-state index in [2.05, 4.69) is 29.2 Å². The van der Waals surface area contributed by atoms with Gasteiger partial charge in [-0.3, -0.25) is 0 Å². The van der Waals surface area contributed by atoms with Crippen LogP contribution < -0.4 is 5.73 Å². The van der Waals surface area contributed by atoms with Crippen LogP contribution in [0, 0.1) is 0 Å². The number of nitrogens with two attached hydrogens (primary N) is 1. The molecule has 0 aliphatic heterocycles. The Kier molecular flexibility index (Phi) is 2.25. The highest BCUT2D eigenvalue weighted by atomic mass is 14.7. The van der Waals surface area contributed by atoms with Gasteiger partial charge in [0.2, 0.25) is 0 Å². The summed E-state index contributed by atoms with van der Waals surface area (Å²) in [7, 11) is 0. The van der Waals surface area contributed by atoms with E-state index in [-0.39, 0.29) is 0 Å². The lowest BCUT2D eigenvalue weighted by atomic mass is 9.62. The lowest BCUT2D eigenvalue weighted by molar-refractivity contribution is 0.229. The van der Waals surface area contributed by atoms with Crippen molar-refractivity contribution in [1.82, 2.24) is 4.98 Å². The van der Waals surface area contributed by atoms with Crippen LogP contribution in [0.1, 0.15) is 31.2 Å². The monoisotopic (exact) mass is 214 g/mol. The average Bonchev–Trinajstić information content (AvgIpc) is 2.70. The molecule has 1 saturated carbocycles. The van der Waals surface area contributed by atoms with Crippen LogP contribution in [-0.4, -0.2) is 11.5 Å². The van der Waals surface area contributed by atoms with Gasteiger partial charge >= 0.3 is 0 Å². The molecule has 0 bridgehead atoms. The number of H-pyrrole nitrogens is 1. The lowest BCUT2D eigenvalue weighted by Gasteiger charge is -2.42. The molecule has 0 saturated heterocycles. The average molecular weight is 214 g/mol. The highest BCUT2D eigenvalue weighted by Crippen LogP contribution is 2.46. The lowest BCUT2D eigenvalue weighted by Crippen LogP contribution is -2.36. The summed E-state index contributed by atoms with van der Waals surface area (Å²) >= 11 is 0. The molecular formula is C14H18N2. The van der Waals surface area contributed by atoms with Crippen LogP contribution in [0.15, 0.2) is 30.5 Å². The van der Waals surface area contributed by atoms with Gasteiger partial charge in [0.1, 0.15) is 0 Å². The van der Waals surface area contributed by atoms with Crippen molar-refractivity contribution >= 4 is 10.9 Å². The predicted octanol–water partition coefficient (Wildman–Crippen LogP) is 2.94. The SMILES string of the molecule is NCCC1(c2ccc3cc[nH]c3c2)CCC1. The number of nitrogens with one attached hydrogen (secondary N) is 1. The van der Waals surface area contributed by atoms with Gasteiger partial charge in [0.25, 0.3) is 0 Å². The maximum atomic E-state index is 5.75. The van der Waals surface area contributed by atoms with Crippen LogP contribution in [0.25, 0.3) is 10.9 Å². The number of benzene rings is 1. The van der Waals surface area contributed by atoms with Gasteiger partial charge in [-0.2, -0.15) is 0 Å². The summed E-state index contributed by atoms with van der Waals surface area (Å²) in [5.74, 6) is 0. The van der Waals surface area contributed by atoms with Gasteiger partial charge in [-0.25, -0.2) is 0 Å². The molecule has 2 aromatic rings. The molecule has 0 radical (unpaired) electrons. The molecule has 1 heterocycles. The van der Waals surface area contributed by atoms with Crippen molar-refractivity contribution < 1.29 is 0 Å². The fourth-order valence-corrected chi connectivity index (χ4v) is 2.94. The van der Waals surface area contributed by atoms with Crippen molar-refractivity contribution in [1.29, 1.82) is 0 Å². The summed E-state index contributed by atoms with van der Waals surface area (Å²) in [6.07, 6.45) is 7.08. The minimum absolute atomic E-state index is 0.383. The zero-order chi connectivity index (χ0) is 11.0. The topological polar surface area (TPSA) is 41.8 Å². The molecule has 3 rings (SSSR count). The Bertz CT molecular complexity index is 494. The fraction of sp³-hybridized carbons (Fsp3) is 0.429. The number of hydrogen-bond acceptors (Lipinski definition) is 1. The van der Waals surface area contributed by atoms with Gasteiger partial charge in [-0.1, -0.05) is 18.6 Å². The van der Waals surface area contributed by atoms with Gasteiger partial charge in [0.15, 0.2) is 0 Å². The molecule has 2 heteroatoms. The van der Waals surface area contributed by atoms with E-state index in [0.29, 0.717) is 5.41 Å². The number of hydrogen-bond donors (Lipinski definition) is 2. The summed E-state index contributed by atoms with van der Waals surface area (Å²) in [6.45, 7) is 0.794. The van der Waals surface area contributed by atoms with Gasteiger partial charge in [0.05, 0.1) is 0 Å². The van der Waals surface area contributed by atoms with E-state index in [9.17, 15) is 0 Å². The van der Waals surface area contributed by atoms with Crippen molar-refractivity contribution in [2.24, 2.45) is 5.73 Å². The van der Waals surface area contributed by atoms with E-state index >= 15 is 0 Å². The number of aromatic amines is 1. The van der Waals surface area contributed by atoms with Gasteiger partial charge in [-0.15, -0.1) is 0 Å². The van der Waals surface area contributed by atoms with E-state index < -0.39 is 0 Å². The first-order valence-corrected chi connectivity index (χ1v) is 6.12. The first kappa shape index (κ1) is 9.91. The fourth-order valence-electron chi connectivity index (χ4n) is 2.94. The summed E-state index contributed by atoms with van der Waals surface area (Å²) in [5, 5.41) is 1.30. The first-order valence-electron chi connectivity index (χ1n) is 6.12. The second kappa shape index (κ2) is 3.63. The van der Waals surface area contributed by atoms with Gasteiger partial charge in [0, 0.05) is 11.7 Å². The van der Waals surface area contributed by atoms with Crippen LogP contribution in [0.4, 0.5) is 0 Å². The third-order valence-corrected chi connectivity index (χ3v) is 4.10. The van der Waals surface area contributed by atoms with Crippen LogP contribution in [0.3, 0.4) is 0 Å². The number of rotatable bonds is 3. The smallest absolute Gasteiger partial charge is 0.0456 e. The Morgan fingerprint density at radius 1 is 1.25 bits per heavy atom. The third kappa shape index (κ3) is 1.37. The molecule has 1 aromatic carbocycles. The minimum Gasteiger partial charge on any atom is -0.361 e. The quantitative estimate of drug-likeness (QED) is 0.810. The highest BCUT2D eigenvalue weighted by Gasteiger charge is 2.37. The molecule has 1 fully saturated rings. The van der Waals surface area contributed by atoms with Crippen LogP contribution >= 0.6 is 0 Å². The third-order valence-electron chi connectivity index (χ3n) is 4.10. The Labute approximate surface area is 95.8 Å². The van der Waals surface area contributed by atoms with Crippen molar-refractivity contribution in [2.75, 3.05) is 6.54 Å². The molecule has 1 aliphatic carbocycles. The molecule has 0 unspecified atom stereocenters. The van der Waals surface area contributed by atoms with Crippen LogP contribution in [0.5, 0.6) is 0 Å². The molecule has 2 nitrogen and oxygen atoms in total. The molecule has 16 heavy (non-hydrogen) atoms. The van der Waals surface area contributed by atoms with Crippen molar-refractivity contribution in [3.8, 4) is 0 Å². The molecule has 1 aliphatic rings. The predicted molar refractivity (Wildman–Crippen MR) is 67.5 cm³/mol.